The Morgan fingerprint density at radius 2 is 1.57 bits per heavy atom. The minimum Gasteiger partial charge on any atom is -0.466 e. The summed E-state index contributed by atoms with van der Waals surface area (Å²) in [7, 11) is 1.24. The van der Waals surface area contributed by atoms with Gasteiger partial charge < -0.3 is 14.4 Å². The Kier molecular flexibility index (Phi) is 5.97. The first kappa shape index (κ1) is 21.9. The monoisotopic (exact) mass is 423 g/mol. The molecular weight excluding hydrogens is 399 g/mol. The predicted octanol–water partition coefficient (Wildman–Crippen LogP) is 4.55. The van der Waals surface area contributed by atoms with E-state index >= 15 is 0 Å². The molecule has 1 aliphatic carbocycles. The highest BCUT2D eigenvalue weighted by molar-refractivity contribution is 5.99. The number of halogens is 3. The van der Waals surface area contributed by atoms with Crippen molar-refractivity contribution in [1.29, 1.82) is 0 Å². The number of hydrogen-bond donors (Lipinski definition) is 0. The van der Waals surface area contributed by atoms with Crippen LogP contribution >= 0.6 is 0 Å². The van der Waals surface area contributed by atoms with E-state index in [-0.39, 0.29) is 23.8 Å². The van der Waals surface area contributed by atoms with Crippen molar-refractivity contribution in [3.05, 3.63) is 57.9 Å². The molecule has 0 aromatic heterocycles. The highest BCUT2D eigenvalue weighted by atomic mass is 19.4. The van der Waals surface area contributed by atoms with Crippen molar-refractivity contribution in [3.8, 4) is 0 Å². The molecule has 0 spiro atoms. The highest BCUT2D eigenvalue weighted by Crippen LogP contribution is 2.47. The third-order valence-electron chi connectivity index (χ3n) is 5.46. The summed E-state index contributed by atoms with van der Waals surface area (Å²) in [6, 6.07) is 4.66. The van der Waals surface area contributed by atoms with Crippen LogP contribution < -0.4 is 0 Å². The second-order valence-corrected chi connectivity index (χ2v) is 7.36. The van der Waals surface area contributed by atoms with E-state index in [1.54, 1.807) is 20.8 Å². The number of alkyl halides is 3. The number of benzene rings is 1. The zero-order chi connectivity index (χ0) is 22.2. The summed E-state index contributed by atoms with van der Waals surface area (Å²) in [5.41, 5.74) is 1.35. The van der Waals surface area contributed by atoms with E-state index in [2.05, 4.69) is 0 Å². The standard InChI is InChI=1S/C22H24F3NO4/c1-5-30-21(28)18-13(3)26(16-10-11-16)12(2)17(20(27)29-4)19(18)14-6-8-15(9-7-14)22(23,24)25/h6-9,16,19H,5,10-11H2,1-4H3. The molecular formula is C22H24F3NO4. The summed E-state index contributed by atoms with van der Waals surface area (Å²) in [4.78, 5) is 27.6. The molecule has 0 saturated heterocycles. The van der Waals surface area contributed by atoms with Crippen LogP contribution in [0.2, 0.25) is 0 Å². The minimum atomic E-state index is -4.49. The lowest BCUT2D eigenvalue weighted by atomic mass is 9.79. The van der Waals surface area contributed by atoms with E-state index in [4.69, 9.17) is 9.47 Å². The van der Waals surface area contributed by atoms with Gasteiger partial charge in [0, 0.05) is 17.4 Å². The summed E-state index contributed by atoms with van der Waals surface area (Å²) in [6.07, 6.45) is -2.64. The molecule has 0 amide bonds. The number of hydrogen-bond acceptors (Lipinski definition) is 5. The lowest BCUT2D eigenvalue weighted by Gasteiger charge is -2.38. The van der Waals surface area contributed by atoms with Crippen molar-refractivity contribution in [1.82, 2.24) is 4.90 Å². The van der Waals surface area contributed by atoms with Gasteiger partial charge in [-0.3, -0.25) is 0 Å². The highest BCUT2D eigenvalue weighted by Gasteiger charge is 2.44. The number of nitrogens with zero attached hydrogens (tertiary/aromatic N) is 1. The van der Waals surface area contributed by atoms with Crippen LogP contribution in [0.4, 0.5) is 13.2 Å². The van der Waals surface area contributed by atoms with Gasteiger partial charge in [-0.05, 0) is 51.3 Å². The molecule has 5 nitrogen and oxygen atoms in total. The van der Waals surface area contributed by atoms with Gasteiger partial charge in [0.05, 0.1) is 36.3 Å². The molecule has 0 bridgehead atoms. The average Bonchev–Trinajstić information content (AvgIpc) is 3.51. The van der Waals surface area contributed by atoms with E-state index in [0.717, 1.165) is 25.0 Å². The Morgan fingerprint density at radius 1 is 1.03 bits per heavy atom. The summed E-state index contributed by atoms with van der Waals surface area (Å²) in [6.45, 7) is 5.35. The molecule has 3 rings (SSSR count). The molecule has 2 aliphatic rings. The van der Waals surface area contributed by atoms with Crippen molar-refractivity contribution in [2.75, 3.05) is 13.7 Å². The first-order valence-electron chi connectivity index (χ1n) is 9.75. The Hall–Kier alpha value is -2.77. The van der Waals surface area contributed by atoms with Crippen molar-refractivity contribution in [2.45, 2.75) is 51.7 Å². The Morgan fingerprint density at radius 3 is 2.00 bits per heavy atom. The quantitative estimate of drug-likeness (QED) is 0.651. The van der Waals surface area contributed by atoms with Gasteiger partial charge in [-0.15, -0.1) is 0 Å². The van der Waals surface area contributed by atoms with Gasteiger partial charge in [-0.25, -0.2) is 9.59 Å². The normalized spacial score (nSPS) is 19.8. The maximum Gasteiger partial charge on any atom is 0.416 e. The van der Waals surface area contributed by atoms with Crippen LogP contribution in [0.25, 0.3) is 0 Å². The maximum absolute atomic E-state index is 13.0. The lowest BCUT2D eigenvalue weighted by Crippen LogP contribution is -2.36. The topological polar surface area (TPSA) is 55.8 Å². The van der Waals surface area contributed by atoms with Gasteiger partial charge in [0.15, 0.2) is 0 Å². The van der Waals surface area contributed by atoms with E-state index in [9.17, 15) is 22.8 Å². The summed E-state index contributed by atoms with van der Waals surface area (Å²) in [5, 5.41) is 0. The number of ether oxygens (including phenoxy) is 2. The molecule has 1 aliphatic heterocycles. The third kappa shape index (κ3) is 3.95. The molecule has 1 unspecified atom stereocenters. The van der Waals surface area contributed by atoms with Gasteiger partial charge in [-0.2, -0.15) is 13.2 Å². The number of esters is 2. The number of rotatable bonds is 5. The van der Waals surface area contributed by atoms with Gasteiger partial charge in [0.1, 0.15) is 0 Å². The van der Waals surface area contributed by atoms with Crippen LogP contribution in [0.1, 0.15) is 50.7 Å². The molecule has 0 N–H and O–H groups in total. The fourth-order valence-corrected chi connectivity index (χ4v) is 4.00. The van der Waals surface area contributed by atoms with Crippen molar-refractivity contribution in [3.63, 3.8) is 0 Å². The first-order valence-corrected chi connectivity index (χ1v) is 9.75. The minimum absolute atomic E-state index is 0.134. The summed E-state index contributed by atoms with van der Waals surface area (Å²) in [5.74, 6) is -2.11. The lowest BCUT2D eigenvalue weighted by molar-refractivity contribution is -0.140. The average molecular weight is 423 g/mol. The number of carbonyl (C=O) groups is 2. The zero-order valence-corrected chi connectivity index (χ0v) is 17.3. The van der Waals surface area contributed by atoms with Gasteiger partial charge in [0.2, 0.25) is 0 Å². The van der Waals surface area contributed by atoms with Crippen LogP contribution in [-0.2, 0) is 25.2 Å². The zero-order valence-electron chi connectivity index (χ0n) is 17.3. The molecule has 1 fully saturated rings. The fourth-order valence-electron chi connectivity index (χ4n) is 4.00. The van der Waals surface area contributed by atoms with Crippen LogP contribution in [0, 0.1) is 0 Å². The molecule has 1 heterocycles. The number of methoxy groups -OCH3 is 1. The fraction of sp³-hybridized carbons (Fsp3) is 0.455. The molecule has 1 saturated carbocycles. The van der Waals surface area contributed by atoms with Crippen molar-refractivity contribution >= 4 is 11.9 Å². The van der Waals surface area contributed by atoms with Crippen molar-refractivity contribution < 1.29 is 32.2 Å². The van der Waals surface area contributed by atoms with E-state index in [1.807, 2.05) is 4.90 Å². The van der Waals surface area contributed by atoms with E-state index in [0.29, 0.717) is 17.0 Å². The molecule has 1 aromatic carbocycles. The van der Waals surface area contributed by atoms with Crippen molar-refractivity contribution in [2.24, 2.45) is 0 Å². The number of allylic oxidation sites excluding steroid dienone is 2. The van der Waals surface area contributed by atoms with E-state index < -0.39 is 29.6 Å². The Labute approximate surface area is 173 Å². The Bertz CT molecular complexity index is 911. The summed E-state index contributed by atoms with van der Waals surface area (Å²) < 4.78 is 49.3. The largest absolute Gasteiger partial charge is 0.466 e. The molecule has 1 atom stereocenters. The molecule has 162 valence electrons. The van der Waals surface area contributed by atoms with Gasteiger partial charge in [-0.1, -0.05) is 12.1 Å². The summed E-state index contributed by atoms with van der Waals surface area (Å²) >= 11 is 0. The first-order chi connectivity index (χ1) is 14.1. The second-order valence-electron chi connectivity index (χ2n) is 7.36. The predicted molar refractivity (Wildman–Crippen MR) is 103 cm³/mol. The van der Waals surface area contributed by atoms with Crippen LogP contribution in [0.15, 0.2) is 46.8 Å². The smallest absolute Gasteiger partial charge is 0.416 e. The van der Waals surface area contributed by atoms with Crippen LogP contribution in [0.3, 0.4) is 0 Å². The third-order valence-corrected chi connectivity index (χ3v) is 5.46. The van der Waals surface area contributed by atoms with Gasteiger partial charge in [0.25, 0.3) is 0 Å². The molecule has 0 radical (unpaired) electrons. The molecule has 30 heavy (non-hydrogen) atoms. The number of carbonyl (C=O) groups excluding carboxylic acids is 2. The SMILES string of the molecule is CCOC(=O)C1=C(C)N(C2CC2)C(C)=C(C(=O)OC)C1c1ccc(C(F)(F)F)cc1. The van der Waals surface area contributed by atoms with Gasteiger partial charge >= 0.3 is 18.1 Å². The van der Waals surface area contributed by atoms with E-state index in [1.165, 1.54) is 19.2 Å². The van der Waals surface area contributed by atoms with Crippen LogP contribution in [0.5, 0.6) is 0 Å². The maximum atomic E-state index is 13.0. The van der Waals surface area contributed by atoms with Crippen LogP contribution in [-0.4, -0.2) is 36.6 Å². The molecule has 1 aromatic rings. The second kappa shape index (κ2) is 8.16. The Balaban J connectivity index is 2.20. The molecule has 8 heteroatoms.